The first-order valence-corrected chi connectivity index (χ1v) is 9.11. The maximum Gasteiger partial charge on any atom is 0.238 e. The summed E-state index contributed by atoms with van der Waals surface area (Å²) in [6.07, 6.45) is 0.488. The third-order valence-corrected chi connectivity index (χ3v) is 5.81. The van der Waals surface area contributed by atoms with E-state index in [9.17, 15) is 13.2 Å². The molecule has 1 aromatic carbocycles. The van der Waals surface area contributed by atoms with Crippen molar-refractivity contribution in [3.8, 4) is 5.75 Å². The van der Waals surface area contributed by atoms with Crippen LogP contribution in [0.15, 0.2) is 18.2 Å². The molecule has 0 aliphatic heterocycles. The summed E-state index contributed by atoms with van der Waals surface area (Å²) in [5, 5.41) is 1.60. The minimum absolute atomic E-state index is 0.0486. The molecule has 1 heterocycles. The molecule has 0 fully saturated rings. The van der Waals surface area contributed by atoms with Gasteiger partial charge in [0.05, 0.1) is 18.1 Å². The predicted octanol–water partition coefficient (Wildman–Crippen LogP) is 1.05. The van der Waals surface area contributed by atoms with Crippen molar-refractivity contribution in [3.05, 3.63) is 24.0 Å². The van der Waals surface area contributed by atoms with Crippen LogP contribution in [0.2, 0.25) is 0 Å². The zero-order chi connectivity index (χ0) is 17.0. The molecular weight excluding hydrogens is 318 g/mol. The lowest BCUT2D eigenvalue weighted by Gasteiger charge is -2.11. The SMILES string of the molecule is CCS(=O)(=O)[C@@H](C)C(=O)NCCc1nc2ccc(OC)cc2[nH]1. The van der Waals surface area contributed by atoms with Gasteiger partial charge in [-0.2, -0.15) is 0 Å². The first kappa shape index (κ1) is 17.3. The van der Waals surface area contributed by atoms with Gasteiger partial charge in [0.15, 0.2) is 9.84 Å². The van der Waals surface area contributed by atoms with Crippen molar-refractivity contribution >= 4 is 26.8 Å². The molecule has 1 amide bonds. The topological polar surface area (TPSA) is 101 Å². The number of aromatic nitrogens is 2. The summed E-state index contributed by atoms with van der Waals surface area (Å²) < 4.78 is 28.5. The number of nitrogens with one attached hydrogen (secondary N) is 2. The lowest BCUT2D eigenvalue weighted by molar-refractivity contribution is -0.120. The van der Waals surface area contributed by atoms with E-state index in [2.05, 4.69) is 15.3 Å². The van der Waals surface area contributed by atoms with Crippen molar-refractivity contribution in [2.45, 2.75) is 25.5 Å². The number of sulfone groups is 1. The highest BCUT2D eigenvalue weighted by Crippen LogP contribution is 2.18. The van der Waals surface area contributed by atoms with Gasteiger partial charge in [-0.3, -0.25) is 4.79 Å². The number of imidazole rings is 1. The molecule has 0 aliphatic rings. The number of hydrogen-bond donors (Lipinski definition) is 2. The van der Waals surface area contributed by atoms with Crippen molar-refractivity contribution in [1.82, 2.24) is 15.3 Å². The Hall–Kier alpha value is -2.09. The van der Waals surface area contributed by atoms with Gasteiger partial charge in [0, 0.05) is 24.8 Å². The molecule has 2 aromatic rings. The summed E-state index contributed by atoms with van der Waals surface area (Å²) in [4.78, 5) is 19.4. The van der Waals surface area contributed by atoms with Gasteiger partial charge in [-0.25, -0.2) is 13.4 Å². The summed E-state index contributed by atoms with van der Waals surface area (Å²) in [5.74, 6) is 0.927. The highest BCUT2D eigenvalue weighted by molar-refractivity contribution is 7.92. The van der Waals surface area contributed by atoms with Crippen LogP contribution in [0.5, 0.6) is 5.75 Å². The van der Waals surface area contributed by atoms with Crippen LogP contribution < -0.4 is 10.1 Å². The molecule has 0 saturated carbocycles. The molecule has 1 aromatic heterocycles. The van der Waals surface area contributed by atoms with E-state index in [0.717, 1.165) is 22.6 Å². The Morgan fingerprint density at radius 2 is 2.17 bits per heavy atom. The second kappa shape index (κ2) is 6.99. The molecule has 0 bridgehead atoms. The third kappa shape index (κ3) is 4.01. The first-order valence-electron chi connectivity index (χ1n) is 7.39. The summed E-state index contributed by atoms with van der Waals surface area (Å²) >= 11 is 0. The minimum Gasteiger partial charge on any atom is -0.497 e. The molecular formula is C15H21N3O4S. The lowest BCUT2D eigenvalue weighted by Crippen LogP contribution is -2.39. The highest BCUT2D eigenvalue weighted by atomic mass is 32.2. The number of hydrogen-bond acceptors (Lipinski definition) is 5. The quantitative estimate of drug-likeness (QED) is 0.785. The Morgan fingerprint density at radius 1 is 1.43 bits per heavy atom. The molecule has 0 saturated heterocycles. The largest absolute Gasteiger partial charge is 0.497 e. The molecule has 2 rings (SSSR count). The molecule has 7 nitrogen and oxygen atoms in total. The van der Waals surface area contributed by atoms with Gasteiger partial charge in [0.25, 0.3) is 0 Å². The average molecular weight is 339 g/mol. The Bertz CT molecular complexity index is 798. The number of amides is 1. The molecule has 1 atom stereocenters. The average Bonchev–Trinajstić information content (AvgIpc) is 2.95. The van der Waals surface area contributed by atoms with Crippen LogP contribution in [-0.2, 0) is 21.1 Å². The molecule has 8 heteroatoms. The summed E-state index contributed by atoms with van der Waals surface area (Å²) in [6.45, 7) is 3.25. The maximum absolute atomic E-state index is 11.9. The number of rotatable bonds is 7. The van der Waals surface area contributed by atoms with Crippen LogP contribution in [-0.4, -0.2) is 49.0 Å². The van der Waals surface area contributed by atoms with Crippen LogP contribution >= 0.6 is 0 Å². The van der Waals surface area contributed by atoms with Crippen molar-refractivity contribution in [2.24, 2.45) is 0 Å². The van der Waals surface area contributed by atoms with Gasteiger partial charge in [-0.15, -0.1) is 0 Å². The standard InChI is InChI=1S/C15H21N3O4S/c1-4-23(20,21)10(2)15(19)16-8-7-14-17-12-6-5-11(22-3)9-13(12)18-14/h5-6,9-10H,4,7-8H2,1-3H3,(H,16,19)(H,17,18)/t10-/m0/s1. The van der Waals surface area contributed by atoms with E-state index >= 15 is 0 Å². The number of nitrogens with zero attached hydrogens (tertiary/aromatic N) is 1. The van der Waals surface area contributed by atoms with Crippen molar-refractivity contribution in [2.75, 3.05) is 19.4 Å². The van der Waals surface area contributed by atoms with Crippen LogP contribution in [0.3, 0.4) is 0 Å². The Labute approximate surface area is 135 Å². The zero-order valence-corrected chi connectivity index (χ0v) is 14.2. The van der Waals surface area contributed by atoms with Gasteiger partial charge >= 0.3 is 0 Å². The van der Waals surface area contributed by atoms with Gasteiger partial charge in [0.1, 0.15) is 16.8 Å². The normalized spacial score (nSPS) is 13.0. The molecule has 0 unspecified atom stereocenters. The van der Waals surface area contributed by atoms with Gasteiger partial charge in [-0.1, -0.05) is 6.92 Å². The van der Waals surface area contributed by atoms with E-state index in [1.807, 2.05) is 18.2 Å². The molecule has 0 spiro atoms. The number of carbonyl (C=O) groups is 1. The first-order chi connectivity index (χ1) is 10.9. The van der Waals surface area contributed by atoms with E-state index in [0.29, 0.717) is 13.0 Å². The molecule has 126 valence electrons. The number of ether oxygens (including phenoxy) is 1. The third-order valence-electron chi connectivity index (χ3n) is 3.71. The van der Waals surface area contributed by atoms with E-state index in [4.69, 9.17) is 4.74 Å². The second-order valence-corrected chi connectivity index (χ2v) is 7.81. The fourth-order valence-electron chi connectivity index (χ4n) is 2.15. The van der Waals surface area contributed by atoms with Crippen LogP contribution in [0, 0.1) is 0 Å². The molecule has 0 radical (unpaired) electrons. The fourth-order valence-corrected chi connectivity index (χ4v) is 3.06. The fraction of sp³-hybridized carbons (Fsp3) is 0.467. The number of aromatic amines is 1. The summed E-state index contributed by atoms with van der Waals surface area (Å²) in [5.41, 5.74) is 1.67. The molecule has 0 aliphatic carbocycles. The van der Waals surface area contributed by atoms with Crippen molar-refractivity contribution in [1.29, 1.82) is 0 Å². The smallest absolute Gasteiger partial charge is 0.238 e. The second-order valence-electron chi connectivity index (χ2n) is 5.20. The van der Waals surface area contributed by atoms with Gasteiger partial charge in [-0.05, 0) is 19.1 Å². The zero-order valence-electron chi connectivity index (χ0n) is 13.4. The monoisotopic (exact) mass is 339 g/mol. The lowest BCUT2D eigenvalue weighted by atomic mass is 10.3. The number of carbonyl (C=O) groups excluding carboxylic acids is 1. The summed E-state index contributed by atoms with van der Waals surface area (Å²) in [7, 11) is -1.77. The maximum atomic E-state index is 11.9. The van der Waals surface area contributed by atoms with Crippen LogP contribution in [0.1, 0.15) is 19.7 Å². The van der Waals surface area contributed by atoms with Gasteiger partial charge < -0.3 is 15.0 Å². The van der Waals surface area contributed by atoms with Gasteiger partial charge in [0.2, 0.25) is 5.91 Å². The Morgan fingerprint density at radius 3 is 2.83 bits per heavy atom. The van der Waals surface area contributed by atoms with E-state index < -0.39 is 21.0 Å². The number of benzene rings is 1. The number of fused-ring (bicyclic) bond motifs is 1. The van der Waals surface area contributed by atoms with Crippen molar-refractivity contribution < 1.29 is 17.9 Å². The van der Waals surface area contributed by atoms with E-state index in [1.54, 1.807) is 7.11 Å². The number of H-pyrrole nitrogens is 1. The van der Waals surface area contributed by atoms with E-state index in [-0.39, 0.29) is 5.75 Å². The summed E-state index contributed by atoms with van der Waals surface area (Å²) in [6, 6.07) is 5.52. The molecule has 2 N–H and O–H groups in total. The van der Waals surface area contributed by atoms with Crippen molar-refractivity contribution in [3.63, 3.8) is 0 Å². The Balaban J connectivity index is 1.95. The number of methoxy groups -OCH3 is 1. The molecule has 23 heavy (non-hydrogen) atoms. The van der Waals surface area contributed by atoms with E-state index in [1.165, 1.54) is 13.8 Å². The highest BCUT2D eigenvalue weighted by Gasteiger charge is 2.25. The predicted molar refractivity (Wildman–Crippen MR) is 88.3 cm³/mol. The van der Waals surface area contributed by atoms with Crippen LogP contribution in [0.25, 0.3) is 11.0 Å². The Kier molecular flexibility index (Phi) is 5.25. The minimum atomic E-state index is -3.37. The van der Waals surface area contributed by atoms with Crippen LogP contribution in [0.4, 0.5) is 0 Å².